The van der Waals surface area contributed by atoms with Crippen LogP contribution < -0.4 is 9.64 Å². The Bertz CT molecular complexity index is 1110. The van der Waals surface area contributed by atoms with Crippen molar-refractivity contribution >= 4 is 15.7 Å². The predicted molar refractivity (Wildman–Crippen MR) is 120 cm³/mol. The molecule has 164 valence electrons. The predicted octanol–water partition coefficient (Wildman–Crippen LogP) is 5.13. The maximum atomic E-state index is 13.6. The highest BCUT2D eigenvalue weighted by molar-refractivity contribution is 7.91. The molecule has 0 aliphatic carbocycles. The lowest BCUT2D eigenvalue weighted by Gasteiger charge is -2.20. The highest BCUT2D eigenvalue weighted by Crippen LogP contribution is 2.36. The number of nitrogens with zero attached hydrogens (tertiary/aromatic N) is 2. The third-order valence-corrected chi connectivity index (χ3v) is 7.37. The van der Waals surface area contributed by atoms with Crippen molar-refractivity contribution in [1.82, 2.24) is 4.98 Å². The van der Waals surface area contributed by atoms with Crippen LogP contribution in [0.2, 0.25) is 0 Å². The lowest BCUT2D eigenvalue weighted by atomic mass is 10.2. The Morgan fingerprint density at radius 2 is 1.61 bits per heavy atom. The number of sulfone groups is 1. The molecule has 7 heteroatoms. The molecule has 0 saturated carbocycles. The van der Waals surface area contributed by atoms with E-state index in [1.165, 1.54) is 0 Å². The first-order valence-corrected chi connectivity index (χ1v) is 12.3. The number of aryl methyl sites for hydroxylation is 1. The van der Waals surface area contributed by atoms with E-state index in [0.717, 1.165) is 50.8 Å². The lowest BCUT2D eigenvalue weighted by Crippen LogP contribution is -2.25. The van der Waals surface area contributed by atoms with E-state index in [9.17, 15) is 8.42 Å². The van der Waals surface area contributed by atoms with Crippen LogP contribution in [0.4, 0.5) is 5.88 Å². The number of oxazole rings is 1. The van der Waals surface area contributed by atoms with Crippen LogP contribution in [-0.2, 0) is 16.3 Å². The van der Waals surface area contributed by atoms with Gasteiger partial charge in [-0.1, -0.05) is 31.9 Å². The second-order valence-electron chi connectivity index (χ2n) is 7.76. The molecule has 31 heavy (non-hydrogen) atoms. The molecule has 1 aromatic heterocycles. The topological polar surface area (TPSA) is 72.6 Å². The van der Waals surface area contributed by atoms with E-state index >= 15 is 0 Å². The Morgan fingerprint density at radius 3 is 2.19 bits per heavy atom. The third kappa shape index (κ3) is 4.46. The summed E-state index contributed by atoms with van der Waals surface area (Å²) in [5, 5.41) is -0.00975. The zero-order valence-corrected chi connectivity index (χ0v) is 18.8. The summed E-state index contributed by atoms with van der Waals surface area (Å²) in [5.74, 6) is 1.35. The summed E-state index contributed by atoms with van der Waals surface area (Å²) >= 11 is 0. The van der Waals surface area contributed by atoms with Gasteiger partial charge in [0.2, 0.25) is 26.6 Å². The van der Waals surface area contributed by atoms with Gasteiger partial charge in [-0.05, 0) is 61.2 Å². The average Bonchev–Trinajstić information content (AvgIpc) is 3.09. The van der Waals surface area contributed by atoms with Gasteiger partial charge in [0.05, 0.1) is 12.0 Å². The van der Waals surface area contributed by atoms with Crippen molar-refractivity contribution in [2.45, 2.75) is 48.9 Å². The first-order valence-electron chi connectivity index (χ1n) is 10.8. The van der Waals surface area contributed by atoms with Crippen LogP contribution in [0.3, 0.4) is 0 Å². The summed E-state index contributed by atoms with van der Waals surface area (Å²) in [4.78, 5) is 6.76. The van der Waals surface area contributed by atoms with E-state index in [1.807, 2.05) is 48.2 Å². The Hall–Kier alpha value is -2.80. The summed E-state index contributed by atoms with van der Waals surface area (Å²) in [6.07, 6.45) is 5.13. The molecule has 6 nitrogen and oxygen atoms in total. The van der Waals surface area contributed by atoms with Crippen LogP contribution in [0.15, 0.2) is 62.9 Å². The maximum Gasteiger partial charge on any atom is 0.236 e. The number of benzene rings is 2. The van der Waals surface area contributed by atoms with E-state index in [2.05, 4.69) is 4.98 Å². The van der Waals surface area contributed by atoms with Gasteiger partial charge in [-0.3, -0.25) is 0 Å². The second-order valence-corrected chi connectivity index (χ2v) is 9.63. The standard InChI is InChI=1S/C24H28N2O4S/c1-3-18-8-14-21(15-9-18)31(27,28)23-24(26-16-6-4-5-7-17-26)30-22(25-23)19-10-12-20(29-2)13-11-19/h8-15H,3-7,16-17H2,1-2H3. The van der Waals surface area contributed by atoms with Crippen LogP contribution in [0.25, 0.3) is 11.5 Å². The molecule has 0 N–H and O–H groups in total. The first-order chi connectivity index (χ1) is 15.0. The molecule has 2 heterocycles. The Labute approximate surface area is 183 Å². The van der Waals surface area contributed by atoms with Gasteiger partial charge in [0.25, 0.3) is 0 Å². The maximum absolute atomic E-state index is 13.6. The molecule has 1 aliphatic heterocycles. The van der Waals surface area contributed by atoms with E-state index in [-0.39, 0.29) is 9.92 Å². The van der Waals surface area contributed by atoms with Crippen molar-refractivity contribution in [3.8, 4) is 17.2 Å². The number of hydrogen-bond donors (Lipinski definition) is 0. The zero-order chi connectivity index (χ0) is 21.8. The Morgan fingerprint density at radius 1 is 0.968 bits per heavy atom. The zero-order valence-electron chi connectivity index (χ0n) is 18.0. The Balaban J connectivity index is 1.80. The lowest BCUT2D eigenvalue weighted by molar-refractivity contribution is 0.415. The fourth-order valence-corrected chi connectivity index (χ4v) is 5.14. The number of aromatic nitrogens is 1. The minimum atomic E-state index is -3.83. The van der Waals surface area contributed by atoms with Gasteiger partial charge in [-0.2, -0.15) is 4.98 Å². The number of hydrogen-bond acceptors (Lipinski definition) is 6. The van der Waals surface area contributed by atoms with Crippen LogP contribution >= 0.6 is 0 Å². The summed E-state index contributed by atoms with van der Waals surface area (Å²) in [7, 11) is -2.22. The highest BCUT2D eigenvalue weighted by Gasteiger charge is 2.31. The van der Waals surface area contributed by atoms with Crippen molar-refractivity contribution in [3.63, 3.8) is 0 Å². The van der Waals surface area contributed by atoms with Gasteiger partial charge in [0.1, 0.15) is 5.75 Å². The highest BCUT2D eigenvalue weighted by atomic mass is 32.2. The summed E-state index contributed by atoms with van der Waals surface area (Å²) in [6.45, 7) is 3.56. The molecular weight excluding hydrogens is 412 g/mol. The molecule has 0 unspecified atom stereocenters. The molecule has 1 saturated heterocycles. The van der Waals surface area contributed by atoms with Crippen molar-refractivity contribution in [3.05, 3.63) is 54.1 Å². The fraction of sp³-hybridized carbons (Fsp3) is 0.375. The van der Waals surface area contributed by atoms with E-state index in [1.54, 1.807) is 19.2 Å². The molecule has 4 rings (SSSR count). The van der Waals surface area contributed by atoms with Gasteiger partial charge in [-0.15, -0.1) is 0 Å². The van der Waals surface area contributed by atoms with Crippen LogP contribution in [0.1, 0.15) is 38.2 Å². The van der Waals surface area contributed by atoms with Crippen LogP contribution in [0, 0.1) is 0 Å². The Kier molecular flexibility index (Phi) is 6.32. The van der Waals surface area contributed by atoms with Crippen LogP contribution in [0.5, 0.6) is 5.75 Å². The second kappa shape index (κ2) is 9.14. The van der Waals surface area contributed by atoms with Crippen LogP contribution in [-0.4, -0.2) is 33.6 Å². The van der Waals surface area contributed by atoms with E-state index in [0.29, 0.717) is 23.1 Å². The quantitative estimate of drug-likeness (QED) is 0.529. The normalized spacial score (nSPS) is 15.0. The largest absolute Gasteiger partial charge is 0.497 e. The molecule has 0 radical (unpaired) electrons. The number of ether oxygens (including phenoxy) is 1. The fourth-order valence-electron chi connectivity index (χ4n) is 3.82. The van der Waals surface area contributed by atoms with Crippen molar-refractivity contribution in [2.75, 3.05) is 25.1 Å². The van der Waals surface area contributed by atoms with Crippen molar-refractivity contribution in [2.24, 2.45) is 0 Å². The molecule has 0 atom stereocenters. The summed E-state index contributed by atoms with van der Waals surface area (Å²) in [6, 6.07) is 14.3. The molecule has 1 fully saturated rings. The average molecular weight is 441 g/mol. The summed E-state index contributed by atoms with van der Waals surface area (Å²) in [5.41, 5.74) is 1.80. The number of rotatable bonds is 6. The minimum Gasteiger partial charge on any atom is -0.497 e. The molecule has 3 aromatic rings. The van der Waals surface area contributed by atoms with Gasteiger partial charge in [-0.25, -0.2) is 8.42 Å². The van der Waals surface area contributed by atoms with Gasteiger partial charge in [0, 0.05) is 18.7 Å². The molecular formula is C24H28N2O4S. The number of anilines is 1. The summed E-state index contributed by atoms with van der Waals surface area (Å²) < 4.78 is 38.5. The minimum absolute atomic E-state index is 0.00975. The third-order valence-electron chi connectivity index (χ3n) is 5.71. The monoisotopic (exact) mass is 440 g/mol. The van der Waals surface area contributed by atoms with Crippen molar-refractivity contribution < 1.29 is 17.6 Å². The number of methoxy groups -OCH3 is 1. The first kappa shape index (κ1) is 21.4. The molecule has 0 amide bonds. The molecule has 2 aromatic carbocycles. The SMILES string of the molecule is CCc1ccc(S(=O)(=O)c2nc(-c3ccc(OC)cc3)oc2N2CCCCCC2)cc1. The molecule has 1 aliphatic rings. The molecule has 0 spiro atoms. The van der Waals surface area contributed by atoms with Gasteiger partial charge in [0.15, 0.2) is 0 Å². The van der Waals surface area contributed by atoms with E-state index < -0.39 is 9.84 Å². The smallest absolute Gasteiger partial charge is 0.236 e. The van der Waals surface area contributed by atoms with Crippen molar-refractivity contribution in [1.29, 1.82) is 0 Å². The molecule has 0 bridgehead atoms. The van der Waals surface area contributed by atoms with Gasteiger partial charge < -0.3 is 14.1 Å². The van der Waals surface area contributed by atoms with E-state index in [4.69, 9.17) is 9.15 Å². The van der Waals surface area contributed by atoms with Gasteiger partial charge >= 0.3 is 0 Å².